The van der Waals surface area contributed by atoms with E-state index in [1.807, 2.05) is 12.1 Å². The average Bonchev–Trinajstić information content (AvgIpc) is 3.35. The smallest absolute Gasteiger partial charge is 0.309 e. The lowest BCUT2D eigenvalue weighted by Gasteiger charge is -2.36. The maximum Gasteiger partial charge on any atom is 0.309 e. The van der Waals surface area contributed by atoms with Gasteiger partial charge in [-0.2, -0.15) is 0 Å². The number of aromatic amines is 1. The summed E-state index contributed by atoms with van der Waals surface area (Å²) in [5, 5.41) is 13.1. The zero-order valence-corrected chi connectivity index (χ0v) is 21.0. The Balaban J connectivity index is 1.76. The van der Waals surface area contributed by atoms with Crippen LogP contribution in [-0.4, -0.2) is 83.7 Å². The number of carbonyl (C=O) groups is 1. The number of carbonyl (C=O) groups excluding carboxylic acids is 1. The van der Waals surface area contributed by atoms with Crippen molar-refractivity contribution in [2.45, 2.75) is 32.4 Å². The van der Waals surface area contributed by atoms with Gasteiger partial charge >= 0.3 is 5.97 Å². The minimum Gasteiger partial charge on any atom is -0.493 e. The number of likely N-dealkylation sites (tertiary alicyclic amines) is 1. The van der Waals surface area contributed by atoms with Crippen molar-refractivity contribution in [3.8, 4) is 11.5 Å². The molecule has 1 N–H and O–H groups in total. The highest BCUT2D eigenvalue weighted by Crippen LogP contribution is 2.34. The number of hydrogen-bond acceptors (Lipinski definition) is 10. The number of tetrazole rings is 1. The van der Waals surface area contributed by atoms with Crippen molar-refractivity contribution in [2.75, 3.05) is 47.6 Å². The summed E-state index contributed by atoms with van der Waals surface area (Å²) in [6, 6.07) is 4.88. The number of benzene rings is 1. The second-order valence-electron chi connectivity index (χ2n) is 8.57. The monoisotopic (exact) mass is 500 g/mol. The van der Waals surface area contributed by atoms with E-state index in [1.54, 1.807) is 39.0 Å². The molecule has 2 aromatic heterocycles. The predicted molar refractivity (Wildman–Crippen MR) is 130 cm³/mol. The fraction of sp³-hybridized carbons (Fsp3) is 0.542. The van der Waals surface area contributed by atoms with Gasteiger partial charge in [-0.15, -0.1) is 5.10 Å². The SMILES string of the molecule is CCOC(=O)C1CCN([C@@H](c2cc3cc(OC)c(OC)cc3[nH]c2=O)c2nnnn2CCOC)CC1. The number of H-pyrrole nitrogens is 1. The molecule has 0 spiro atoms. The van der Waals surface area contributed by atoms with Crippen LogP contribution in [-0.2, 0) is 20.8 Å². The maximum absolute atomic E-state index is 13.4. The van der Waals surface area contributed by atoms with Crippen LogP contribution in [0.15, 0.2) is 23.0 Å². The van der Waals surface area contributed by atoms with E-state index in [0.29, 0.717) is 74.1 Å². The van der Waals surface area contributed by atoms with Gasteiger partial charge in [0.2, 0.25) is 0 Å². The zero-order chi connectivity index (χ0) is 25.7. The molecule has 3 aromatic rings. The number of nitrogens with one attached hydrogen (secondary N) is 1. The quantitative estimate of drug-likeness (QED) is 0.409. The second-order valence-corrected chi connectivity index (χ2v) is 8.57. The lowest BCUT2D eigenvalue weighted by molar-refractivity contribution is -0.149. The number of nitrogens with zero attached hydrogens (tertiary/aromatic N) is 5. The van der Waals surface area contributed by atoms with Gasteiger partial charge in [0.25, 0.3) is 5.56 Å². The van der Waals surface area contributed by atoms with Crippen LogP contribution >= 0.6 is 0 Å². The van der Waals surface area contributed by atoms with Crippen LogP contribution in [0.4, 0.5) is 0 Å². The zero-order valence-electron chi connectivity index (χ0n) is 21.0. The number of esters is 1. The molecule has 4 rings (SSSR count). The molecule has 1 aliphatic rings. The van der Waals surface area contributed by atoms with Crippen LogP contribution < -0.4 is 15.0 Å². The molecule has 1 aliphatic heterocycles. The van der Waals surface area contributed by atoms with Gasteiger partial charge in [-0.05, 0) is 42.3 Å². The summed E-state index contributed by atoms with van der Waals surface area (Å²) in [6.07, 6.45) is 1.23. The van der Waals surface area contributed by atoms with E-state index in [0.717, 1.165) is 5.39 Å². The first kappa shape index (κ1) is 25.6. The lowest BCUT2D eigenvalue weighted by atomic mass is 9.94. The fourth-order valence-electron chi connectivity index (χ4n) is 4.65. The topological polar surface area (TPSA) is 134 Å². The highest BCUT2D eigenvalue weighted by molar-refractivity contribution is 5.83. The Morgan fingerprint density at radius 1 is 1.14 bits per heavy atom. The van der Waals surface area contributed by atoms with Crippen molar-refractivity contribution in [1.29, 1.82) is 0 Å². The highest BCUT2D eigenvalue weighted by atomic mass is 16.5. The second kappa shape index (κ2) is 11.5. The molecule has 0 amide bonds. The predicted octanol–water partition coefficient (Wildman–Crippen LogP) is 1.54. The average molecular weight is 501 g/mol. The Morgan fingerprint density at radius 3 is 2.53 bits per heavy atom. The summed E-state index contributed by atoms with van der Waals surface area (Å²) in [4.78, 5) is 30.8. The van der Waals surface area contributed by atoms with E-state index in [-0.39, 0.29) is 17.4 Å². The summed E-state index contributed by atoms with van der Waals surface area (Å²) in [5.41, 5.74) is 0.867. The normalized spacial score (nSPS) is 15.7. The van der Waals surface area contributed by atoms with Crippen LogP contribution in [0.5, 0.6) is 11.5 Å². The van der Waals surface area contributed by atoms with Gasteiger partial charge in [-0.1, -0.05) is 0 Å². The van der Waals surface area contributed by atoms with Crippen LogP contribution in [0, 0.1) is 5.92 Å². The highest BCUT2D eigenvalue weighted by Gasteiger charge is 2.35. The summed E-state index contributed by atoms with van der Waals surface area (Å²) < 4.78 is 22.9. The molecule has 0 aliphatic carbocycles. The third-order valence-corrected chi connectivity index (χ3v) is 6.50. The molecule has 12 heteroatoms. The molecule has 0 unspecified atom stereocenters. The van der Waals surface area contributed by atoms with Crippen LogP contribution in [0.3, 0.4) is 0 Å². The lowest BCUT2D eigenvalue weighted by Crippen LogP contribution is -2.42. The van der Waals surface area contributed by atoms with Crippen molar-refractivity contribution in [1.82, 2.24) is 30.1 Å². The first-order chi connectivity index (χ1) is 17.5. The molecular formula is C24H32N6O6. The van der Waals surface area contributed by atoms with Gasteiger partial charge in [-0.25, -0.2) is 4.68 Å². The first-order valence-electron chi connectivity index (χ1n) is 11.9. The van der Waals surface area contributed by atoms with Crippen LogP contribution in [0.2, 0.25) is 0 Å². The number of fused-ring (bicyclic) bond motifs is 1. The largest absolute Gasteiger partial charge is 0.493 e. The van der Waals surface area contributed by atoms with Crippen molar-refractivity contribution < 1.29 is 23.7 Å². The van der Waals surface area contributed by atoms with E-state index in [9.17, 15) is 9.59 Å². The fourth-order valence-corrected chi connectivity index (χ4v) is 4.65. The number of aromatic nitrogens is 5. The summed E-state index contributed by atoms with van der Waals surface area (Å²) in [5.74, 6) is 1.27. The van der Waals surface area contributed by atoms with E-state index < -0.39 is 6.04 Å². The van der Waals surface area contributed by atoms with Crippen molar-refractivity contribution in [3.63, 3.8) is 0 Å². The number of rotatable bonds is 10. The summed E-state index contributed by atoms with van der Waals surface area (Å²) >= 11 is 0. The van der Waals surface area contributed by atoms with E-state index in [2.05, 4.69) is 25.4 Å². The van der Waals surface area contributed by atoms with Gasteiger partial charge in [0.15, 0.2) is 17.3 Å². The molecule has 0 bridgehead atoms. The van der Waals surface area contributed by atoms with Crippen LogP contribution in [0.1, 0.15) is 37.2 Å². The molecule has 36 heavy (non-hydrogen) atoms. The van der Waals surface area contributed by atoms with E-state index >= 15 is 0 Å². The molecular weight excluding hydrogens is 468 g/mol. The van der Waals surface area contributed by atoms with Crippen molar-refractivity contribution >= 4 is 16.9 Å². The number of pyridine rings is 1. The van der Waals surface area contributed by atoms with Gasteiger partial charge in [-0.3, -0.25) is 14.5 Å². The molecule has 1 fully saturated rings. The van der Waals surface area contributed by atoms with Crippen molar-refractivity contribution in [3.05, 3.63) is 39.9 Å². The molecule has 194 valence electrons. The molecule has 3 heterocycles. The molecule has 0 saturated carbocycles. The maximum atomic E-state index is 13.4. The standard InChI is InChI=1S/C24H32N6O6/c1-5-36-24(32)15-6-8-29(9-7-15)21(22-26-27-28-30(22)10-11-33-2)17-12-16-13-19(34-3)20(35-4)14-18(16)25-23(17)31/h12-15,21H,5-11H2,1-4H3,(H,25,31)/t21-/m0/s1. The Bertz CT molecular complexity index is 1250. The number of ether oxygens (including phenoxy) is 4. The minimum absolute atomic E-state index is 0.169. The van der Waals surface area contributed by atoms with Gasteiger partial charge in [0, 0.05) is 37.2 Å². The number of hydrogen-bond donors (Lipinski definition) is 1. The summed E-state index contributed by atoms with van der Waals surface area (Å²) in [6.45, 7) is 4.17. The van der Waals surface area contributed by atoms with Gasteiger partial charge in [0.05, 0.1) is 45.4 Å². The Kier molecular flexibility index (Phi) is 8.16. The minimum atomic E-state index is -0.527. The van der Waals surface area contributed by atoms with Crippen LogP contribution in [0.25, 0.3) is 10.9 Å². The molecule has 1 aromatic carbocycles. The molecule has 1 saturated heterocycles. The summed E-state index contributed by atoms with van der Waals surface area (Å²) in [7, 11) is 4.72. The molecule has 12 nitrogen and oxygen atoms in total. The number of methoxy groups -OCH3 is 3. The van der Waals surface area contributed by atoms with E-state index in [1.165, 1.54) is 0 Å². The van der Waals surface area contributed by atoms with Gasteiger partial charge in [0.1, 0.15) is 6.04 Å². The van der Waals surface area contributed by atoms with Crippen molar-refractivity contribution in [2.24, 2.45) is 5.92 Å². The number of piperidine rings is 1. The first-order valence-corrected chi connectivity index (χ1v) is 11.9. The Morgan fingerprint density at radius 2 is 1.86 bits per heavy atom. The third-order valence-electron chi connectivity index (χ3n) is 6.50. The van der Waals surface area contributed by atoms with Gasteiger partial charge < -0.3 is 23.9 Å². The Labute approximate surface area is 208 Å². The molecule has 1 atom stereocenters. The third kappa shape index (κ3) is 5.19. The van der Waals surface area contributed by atoms with E-state index in [4.69, 9.17) is 18.9 Å². The molecule has 0 radical (unpaired) electrons. The Hall–Kier alpha value is -3.51.